The summed E-state index contributed by atoms with van der Waals surface area (Å²) in [7, 11) is 0. The summed E-state index contributed by atoms with van der Waals surface area (Å²) in [5, 5.41) is 0. The number of ether oxygens (including phenoxy) is 1. The van der Waals surface area contributed by atoms with E-state index in [-0.39, 0.29) is 6.04 Å². The topological polar surface area (TPSA) is 35.2 Å². The van der Waals surface area contributed by atoms with E-state index in [2.05, 4.69) is 48.5 Å². The summed E-state index contributed by atoms with van der Waals surface area (Å²) >= 11 is 0. The van der Waals surface area contributed by atoms with Crippen molar-refractivity contribution in [2.75, 3.05) is 0 Å². The van der Waals surface area contributed by atoms with E-state index < -0.39 is 5.60 Å². The molecule has 2 unspecified atom stereocenters. The first-order chi connectivity index (χ1) is 12.2. The SMILES string of the molecule is CC(N)C(Cc1ccccc1)(OCc1ccccc1)c1ccccc1. The van der Waals surface area contributed by atoms with Crippen molar-refractivity contribution >= 4 is 0 Å². The Bertz CT molecular complexity index is 756. The van der Waals surface area contributed by atoms with Gasteiger partial charge in [0.1, 0.15) is 5.60 Å². The maximum atomic E-state index is 6.54. The zero-order valence-corrected chi connectivity index (χ0v) is 14.6. The van der Waals surface area contributed by atoms with E-state index >= 15 is 0 Å². The van der Waals surface area contributed by atoms with Gasteiger partial charge in [-0.3, -0.25) is 0 Å². The highest BCUT2D eigenvalue weighted by atomic mass is 16.5. The Balaban J connectivity index is 1.96. The van der Waals surface area contributed by atoms with Crippen molar-refractivity contribution in [1.29, 1.82) is 0 Å². The van der Waals surface area contributed by atoms with Crippen LogP contribution in [0.4, 0.5) is 0 Å². The summed E-state index contributed by atoms with van der Waals surface area (Å²) in [4.78, 5) is 0. The highest BCUT2D eigenvalue weighted by Crippen LogP contribution is 2.34. The van der Waals surface area contributed by atoms with Crippen LogP contribution in [0.25, 0.3) is 0 Å². The van der Waals surface area contributed by atoms with Crippen LogP contribution in [0.2, 0.25) is 0 Å². The Morgan fingerprint density at radius 2 is 1.24 bits per heavy atom. The van der Waals surface area contributed by atoms with E-state index in [0.29, 0.717) is 6.61 Å². The largest absolute Gasteiger partial charge is 0.364 e. The molecule has 0 radical (unpaired) electrons. The van der Waals surface area contributed by atoms with Crippen LogP contribution in [-0.4, -0.2) is 6.04 Å². The molecular weight excluding hydrogens is 306 g/mol. The van der Waals surface area contributed by atoms with Crippen molar-refractivity contribution in [2.45, 2.75) is 31.6 Å². The average Bonchev–Trinajstić information content (AvgIpc) is 2.67. The lowest BCUT2D eigenvalue weighted by Crippen LogP contribution is -2.47. The van der Waals surface area contributed by atoms with E-state index in [1.54, 1.807) is 0 Å². The number of rotatable bonds is 7. The lowest BCUT2D eigenvalue weighted by Gasteiger charge is -2.38. The minimum Gasteiger partial charge on any atom is -0.364 e. The Morgan fingerprint density at radius 1 is 0.760 bits per heavy atom. The zero-order chi connectivity index (χ0) is 17.5. The second-order valence-electron chi connectivity index (χ2n) is 6.48. The van der Waals surface area contributed by atoms with Crippen molar-refractivity contribution < 1.29 is 4.74 Å². The van der Waals surface area contributed by atoms with Gasteiger partial charge in [-0.1, -0.05) is 91.0 Å². The second-order valence-corrected chi connectivity index (χ2v) is 6.48. The fourth-order valence-corrected chi connectivity index (χ4v) is 3.20. The molecule has 2 atom stereocenters. The monoisotopic (exact) mass is 331 g/mol. The molecule has 0 aliphatic carbocycles. The van der Waals surface area contributed by atoms with E-state index in [4.69, 9.17) is 10.5 Å². The van der Waals surface area contributed by atoms with Crippen molar-refractivity contribution in [1.82, 2.24) is 0 Å². The van der Waals surface area contributed by atoms with Gasteiger partial charge in [-0.25, -0.2) is 0 Å². The van der Waals surface area contributed by atoms with Gasteiger partial charge >= 0.3 is 0 Å². The molecule has 0 bridgehead atoms. The van der Waals surface area contributed by atoms with Gasteiger partial charge in [-0.05, 0) is 23.6 Å². The third-order valence-electron chi connectivity index (χ3n) is 4.65. The predicted octanol–water partition coefficient (Wildman–Crippen LogP) is 4.69. The first-order valence-corrected chi connectivity index (χ1v) is 8.73. The third-order valence-corrected chi connectivity index (χ3v) is 4.65. The Hall–Kier alpha value is -2.42. The lowest BCUT2D eigenvalue weighted by atomic mass is 9.81. The van der Waals surface area contributed by atoms with Crippen LogP contribution in [0.5, 0.6) is 0 Å². The molecule has 0 aliphatic heterocycles. The smallest absolute Gasteiger partial charge is 0.112 e. The van der Waals surface area contributed by atoms with E-state index in [1.165, 1.54) is 5.56 Å². The van der Waals surface area contributed by atoms with E-state index in [0.717, 1.165) is 17.5 Å². The highest BCUT2D eigenvalue weighted by Gasteiger charge is 2.37. The van der Waals surface area contributed by atoms with Crippen LogP contribution in [0.1, 0.15) is 23.6 Å². The number of benzene rings is 3. The fraction of sp³-hybridized carbons (Fsp3) is 0.217. The Morgan fingerprint density at radius 3 is 1.76 bits per heavy atom. The summed E-state index contributed by atoms with van der Waals surface area (Å²) in [5.41, 5.74) is 9.40. The number of nitrogens with two attached hydrogens (primary N) is 1. The molecule has 3 rings (SSSR count). The second kappa shape index (κ2) is 8.11. The van der Waals surface area contributed by atoms with Gasteiger partial charge < -0.3 is 10.5 Å². The normalized spacial score (nSPS) is 14.6. The molecular formula is C23H25NO. The molecule has 0 spiro atoms. The predicted molar refractivity (Wildman–Crippen MR) is 103 cm³/mol. The van der Waals surface area contributed by atoms with Crippen LogP contribution >= 0.6 is 0 Å². The van der Waals surface area contributed by atoms with Crippen molar-refractivity contribution in [2.24, 2.45) is 5.73 Å². The van der Waals surface area contributed by atoms with Crippen LogP contribution < -0.4 is 5.73 Å². The summed E-state index contributed by atoms with van der Waals surface area (Å²) in [6.07, 6.45) is 0.738. The van der Waals surface area contributed by atoms with Gasteiger partial charge in [0.25, 0.3) is 0 Å². The van der Waals surface area contributed by atoms with Crippen molar-refractivity contribution in [3.05, 3.63) is 108 Å². The van der Waals surface area contributed by atoms with Crippen molar-refractivity contribution in [3.8, 4) is 0 Å². The molecule has 0 saturated carbocycles. The van der Waals surface area contributed by atoms with E-state index in [9.17, 15) is 0 Å². The molecule has 0 saturated heterocycles. The van der Waals surface area contributed by atoms with Gasteiger partial charge in [0.2, 0.25) is 0 Å². The standard InChI is InChI=1S/C23H25NO/c1-19(24)23(22-15-9-4-10-16-22,17-20-11-5-2-6-12-20)25-18-21-13-7-3-8-14-21/h2-16,19H,17-18,24H2,1H3. The summed E-state index contributed by atoms with van der Waals surface area (Å²) in [6.45, 7) is 2.56. The number of hydrogen-bond acceptors (Lipinski definition) is 2. The van der Waals surface area contributed by atoms with E-state index in [1.807, 2.05) is 49.4 Å². The molecule has 0 amide bonds. The fourth-order valence-electron chi connectivity index (χ4n) is 3.20. The summed E-state index contributed by atoms with van der Waals surface area (Å²) in [5.74, 6) is 0. The van der Waals surface area contributed by atoms with Crippen LogP contribution in [0, 0.1) is 0 Å². The maximum absolute atomic E-state index is 6.54. The quantitative estimate of drug-likeness (QED) is 0.682. The highest BCUT2D eigenvalue weighted by molar-refractivity contribution is 5.29. The molecule has 2 heteroatoms. The van der Waals surface area contributed by atoms with Gasteiger partial charge in [0.15, 0.2) is 0 Å². The Labute approximate surface area is 150 Å². The molecule has 128 valence electrons. The summed E-state index contributed by atoms with van der Waals surface area (Å²) < 4.78 is 6.54. The zero-order valence-electron chi connectivity index (χ0n) is 14.6. The van der Waals surface area contributed by atoms with Gasteiger partial charge in [0.05, 0.1) is 6.61 Å². The molecule has 0 aliphatic rings. The molecule has 0 fully saturated rings. The first kappa shape index (κ1) is 17.4. The maximum Gasteiger partial charge on any atom is 0.112 e. The minimum absolute atomic E-state index is 0.154. The molecule has 25 heavy (non-hydrogen) atoms. The van der Waals surface area contributed by atoms with Gasteiger partial charge in [-0.2, -0.15) is 0 Å². The van der Waals surface area contributed by atoms with Crippen LogP contribution in [-0.2, 0) is 23.4 Å². The summed E-state index contributed by atoms with van der Waals surface area (Å²) in [6, 6.07) is 30.8. The Kier molecular flexibility index (Phi) is 5.64. The van der Waals surface area contributed by atoms with Crippen molar-refractivity contribution in [3.63, 3.8) is 0 Å². The third kappa shape index (κ3) is 4.16. The minimum atomic E-state index is -0.571. The van der Waals surface area contributed by atoms with Gasteiger partial charge in [-0.15, -0.1) is 0 Å². The lowest BCUT2D eigenvalue weighted by molar-refractivity contribution is -0.0766. The number of hydrogen-bond donors (Lipinski definition) is 1. The molecule has 3 aromatic rings. The molecule has 3 aromatic carbocycles. The molecule has 2 nitrogen and oxygen atoms in total. The van der Waals surface area contributed by atoms with Gasteiger partial charge in [0, 0.05) is 12.5 Å². The van der Waals surface area contributed by atoms with Crippen LogP contribution in [0.15, 0.2) is 91.0 Å². The average molecular weight is 331 g/mol. The first-order valence-electron chi connectivity index (χ1n) is 8.73. The molecule has 0 heterocycles. The van der Waals surface area contributed by atoms with Crippen LogP contribution in [0.3, 0.4) is 0 Å². The molecule has 0 aromatic heterocycles. The molecule has 2 N–H and O–H groups in total.